The summed E-state index contributed by atoms with van der Waals surface area (Å²) in [4.78, 5) is 0. The maximum atomic E-state index is 8.83. The van der Waals surface area contributed by atoms with Crippen molar-refractivity contribution in [3.63, 3.8) is 0 Å². The molecule has 0 unspecified atom stereocenters. The molecule has 0 amide bonds. The van der Waals surface area contributed by atoms with E-state index in [1.165, 1.54) is 0 Å². The molecule has 5 heteroatoms. The molecule has 0 aromatic heterocycles. The Morgan fingerprint density at radius 3 is 2.08 bits per heavy atom. The lowest BCUT2D eigenvalue weighted by Crippen LogP contribution is -2.15. The molecule has 0 heterocycles. The van der Waals surface area contributed by atoms with E-state index in [0.29, 0.717) is 20.6 Å². The number of hydrogen-bond donors (Lipinski definition) is 2. The van der Waals surface area contributed by atoms with Crippen LogP contribution in [0.3, 0.4) is 0 Å². The van der Waals surface area contributed by atoms with Crippen molar-refractivity contribution >= 4 is 34.8 Å². The van der Waals surface area contributed by atoms with Crippen LogP contribution in [0.25, 0.3) is 0 Å². The topological polar surface area (TPSA) is 46.2 Å². The van der Waals surface area contributed by atoms with Crippen molar-refractivity contribution in [1.29, 1.82) is 0 Å². The zero-order valence-corrected chi connectivity index (χ0v) is 8.87. The molecule has 0 saturated heterocycles. The van der Waals surface area contributed by atoms with Crippen LogP contribution in [0.2, 0.25) is 15.1 Å². The highest BCUT2D eigenvalue weighted by Gasteiger charge is 2.14. The van der Waals surface area contributed by atoms with Crippen LogP contribution >= 0.6 is 34.8 Å². The Labute approximate surface area is 91.2 Å². The van der Waals surface area contributed by atoms with E-state index in [0.717, 1.165) is 0 Å². The van der Waals surface area contributed by atoms with Crippen molar-refractivity contribution in [3.8, 4) is 0 Å². The van der Waals surface area contributed by atoms with Crippen LogP contribution in [0.1, 0.15) is 11.6 Å². The molecule has 0 bridgehead atoms. The number of hydrogen-bond acceptors (Lipinski definition) is 2. The van der Waals surface area contributed by atoms with E-state index in [-0.39, 0.29) is 6.61 Å². The first-order chi connectivity index (χ1) is 6.06. The minimum Gasteiger partial charge on any atom is -0.394 e. The maximum absolute atomic E-state index is 8.83. The molecule has 1 atom stereocenters. The molecule has 1 aromatic rings. The molecule has 2 nitrogen and oxygen atoms in total. The zero-order valence-electron chi connectivity index (χ0n) is 6.60. The Morgan fingerprint density at radius 2 is 1.69 bits per heavy atom. The molecule has 0 aliphatic carbocycles. The lowest BCUT2D eigenvalue weighted by molar-refractivity contribution is 0.268. The molecule has 0 radical (unpaired) electrons. The quantitative estimate of drug-likeness (QED) is 0.835. The van der Waals surface area contributed by atoms with Crippen LogP contribution in [0.4, 0.5) is 0 Å². The standard InChI is InChI=1S/C8H8Cl3NO/c9-4-1-5(10)8(6(11)2-4)7(12)3-13/h1-2,7,13H,3,12H2/t7-/m1/s1. The predicted octanol–water partition coefficient (Wildman–Crippen LogP) is 2.64. The van der Waals surface area contributed by atoms with Gasteiger partial charge in [0.1, 0.15) is 0 Å². The number of aliphatic hydroxyl groups is 1. The number of nitrogens with two attached hydrogens (primary N) is 1. The zero-order chi connectivity index (χ0) is 10.0. The molecule has 0 aliphatic heterocycles. The van der Waals surface area contributed by atoms with Crippen LogP contribution < -0.4 is 5.73 Å². The largest absolute Gasteiger partial charge is 0.394 e. The fraction of sp³-hybridized carbons (Fsp3) is 0.250. The molecular formula is C8H8Cl3NO. The van der Waals surface area contributed by atoms with Gasteiger partial charge in [0.25, 0.3) is 0 Å². The Bertz CT molecular complexity index is 293. The van der Waals surface area contributed by atoms with E-state index in [4.69, 9.17) is 45.6 Å². The highest BCUT2D eigenvalue weighted by atomic mass is 35.5. The second-order valence-corrected chi connectivity index (χ2v) is 3.82. The molecule has 0 saturated carbocycles. The van der Waals surface area contributed by atoms with Gasteiger partial charge in [-0.15, -0.1) is 0 Å². The number of aliphatic hydroxyl groups excluding tert-OH is 1. The van der Waals surface area contributed by atoms with Crippen molar-refractivity contribution in [3.05, 3.63) is 32.8 Å². The van der Waals surface area contributed by atoms with E-state index >= 15 is 0 Å². The third-order valence-corrected chi connectivity index (χ3v) is 2.45. The van der Waals surface area contributed by atoms with Crippen molar-refractivity contribution in [1.82, 2.24) is 0 Å². The van der Waals surface area contributed by atoms with Gasteiger partial charge < -0.3 is 10.8 Å². The van der Waals surface area contributed by atoms with Crippen LogP contribution in [-0.2, 0) is 0 Å². The van der Waals surface area contributed by atoms with Crippen molar-refractivity contribution in [2.75, 3.05) is 6.61 Å². The van der Waals surface area contributed by atoms with Crippen LogP contribution in [0.5, 0.6) is 0 Å². The smallest absolute Gasteiger partial charge is 0.0625 e. The number of halogens is 3. The minimum absolute atomic E-state index is 0.207. The second-order valence-electron chi connectivity index (χ2n) is 2.57. The first-order valence-electron chi connectivity index (χ1n) is 3.57. The summed E-state index contributed by atoms with van der Waals surface area (Å²) in [5.74, 6) is 0. The molecule has 1 rings (SSSR count). The molecular weight excluding hydrogens is 232 g/mol. The van der Waals surface area contributed by atoms with Gasteiger partial charge in [-0.05, 0) is 12.1 Å². The van der Waals surface area contributed by atoms with Crippen LogP contribution in [-0.4, -0.2) is 11.7 Å². The van der Waals surface area contributed by atoms with Crippen molar-refractivity contribution in [2.24, 2.45) is 5.73 Å². The summed E-state index contributed by atoms with van der Waals surface area (Å²) in [5.41, 5.74) is 6.11. The summed E-state index contributed by atoms with van der Waals surface area (Å²) >= 11 is 17.4. The third kappa shape index (κ3) is 2.48. The minimum atomic E-state index is -0.572. The monoisotopic (exact) mass is 239 g/mol. The van der Waals surface area contributed by atoms with Crippen LogP contribution in [0, 0.1) is 0 Å². The summed E-state index contributed by atoms with van der Waals surface area (Å²) in [6.45, 7) is -0.207. The highest BCUT2D eigenvalue weighted by molar-refractivity contribution is 6.39. The van der Waals surface area contributed by atoms with E-state index < -0.39 is 6.04 Å². The fourth-order valence-electron chi connectivity index (χ4n) is 0.999. The van der Waals surface area contributed by atoms with Crippen LogP contribution in [0.15, 0.2) is 12.1 Å². The maximum Gasteiger partial charge on any atom is 0.0625 e. The molecule has 1 aromatic carbocycles. The third-order valence-electron chi connectivity index (χ3n) is 1.61. The lowest BCUT2D eigenvalue weighted by Gasteiger charge is -2.12. The molecule has 3 N–H and O–H groups in total. The van der Waals surface area contributed by atoms with E-state index in [9.17, 15) is 0 Å². The van der Waals surface area contributed by atoms with Crippen molar-refractivity contribution in [2.45, 2.75) is 6.04 Å². The number of rotatable bonds is 2. The Morgan fingerprint density at radius 1 is 1.23 bits per heavy atom. The number of benzene rings is 1. The molecule has 13 heavy (non-hydrogen) atoms. The van der Waals surface area contributed by atoms with Gasteiger partial charge in [0.15, 0.2) is 0 Å². The van der Waals surface area contributed by atoms with E-state index in [1.54, 1.807) is 12.1 Å². The van der Waals surface area contributed by atoms with Gasteiger partial charge in [-0.3, -0.25) is 0 Å². The molecule has 0 aliphatic rings. The van der Waals surface area contributed by atoms with E-state index in [1.807, 2.05) is 0 Å². The molecule has 0 spiro atoms. The van der Waals surface area contributed by atoms with Gasteiger partial charge in [-0.1, -0.05) is 34.8 Å². The summed E-state index contributed by atoms with van der Waals surface area (Å²) in [6, 6.07) is 2.51. The van der Waals surface area contributed by atoms with Gasteiger partial charge in [0.05, 0.1) is 12.6 Å². The van der Waals surface area contributed by atoms with Crippen molar-refractivity contribution < 1.29 is 5.11 Å². The second kappa shape index (κ2) is 4.49. The molecule has 0 fully saturated rings. The van der Waals surface area contributed by atoms with Gasteiger partial charge in [-0.25, -0.2) is 0 Å². The fourth-order valence-corrected chi connectivity index (χ4v) is 2.10. The summed E-state index contributed by atoms with van der Waals surface area (Å²) in [7, 11) is 0. The molecule has 72 valence electrons. The summed E-state index contributed by atoms with van der Waals surface area (Å²) in [6.07, 6.45) is 0. The normalized spacial score (nSPS) is 13.0. The van der Waals surface area contributed by atoms with Gasteiger partial charge in [0, 0.05) is 20.6 Å². The van der Waals surface area contributed by atoms with Gasteiger partial charge in [-0.2, -0.15) is 0 Å². The summed E-state index contributed by atoms with van der Waals surface area (Å²) in [5, 5.41) is 10.0. The Kier molecular flexibility index (Phi) is 3.83. The Hall–Kier alpha value is 0.01000. The van der Waals surface area contributed by atoms with E-state index in [2.05, 4.69) is 0 Å². The van der Waals surface area contributed by atoms with Gasteiger partial charge in [0.2, 0.25) is 0 Å². The first-order valence-corrected chi connectivity index (χ1v) is 4.70. The summed E-state index contributed by atoms with van der Waals surface area (Å²) < 4.78 is 0. The lowest BCUT2D eigenvalue weighted by atomic mass is 10.1. The van der Waals surface area contributed by atoms with Gasteiger partial charge >= 0.3 is 0 Å². The predicted molar refractivity (Wildman–Crippen MR) is 55.5 cm³/mol. The SMILES string of the molecule is N[C@H](CO)c1c(Cl)cc(Cl)cc1Cl. The average Bonchev–Trinajstić information content (AvgIpc) is 2.02. The Balaban J connectivity index is 3.20. The average molecular weight is 241 g/mol. The first kappa shape index (κ1) is 11.1. The highest BCUT2D eigenvalue weighted by Crippen LogP contribution is 2.32.